The fraction of sp³-hybridized carbons (Fsp3) is 0.579. The summed E-state index contributed by atoms with van der Waals surface area (Å²) < 4.78 is 0. The van der Waals surface area contributed by atoms with Crippen LogP contribution < -0.4 is 16.0 Å². The molecular formula is C19H29N3O2. The van der Waals surface area contributed by atoms with E-state index < -0.39 is 6.03 Å². The van der Waals surface area contributed by atoms with Crippen LogP contribution in [0.25, 0.3) is 0 Å². The number of benzene rings is 1. The fourth-order valence-corrected chi connectivity index (χ4v) is 3.05. The summed E-state index contributed by atoms with van der Waals surface area (Å²) in [6, 6.07) is 5.58. The van der Waals surface area contributed by atoms with Gasteiger partial charge in [0, 0.05) is 11.7 Å². The highest BCUT2D eigenvalue weighted by atomic mass is 16.2. The Bertz CT molecular complexity index is 564. The van der Waals surface area contributed by atoms with Crippen LogP contribution in [-0.2, 0) is 4.79 Å². The molecule has 132 valence electrons. The van der Waals surface area contributed by atoms with E-state index in [0.717, 1.165) is 18.4 Å². The van der Waals surface area contributed by atoms with Crippen molar-refractivity contribution < 1.29 is 9.59 Å². The zero-order valence-corrected chi connectivity index (χ0v) is 14.8. The maximum absolute atomic E-state index is 11.9. The highest BCUT2D eigenvalue weighted by molar-refractivity contribution is 6.01. The van der Waals surface area contributed by atoms with Gasteiger partial charge in [0.25, 0.3) is 0 Å². The van der Waals surface area contributed by atoms with Crippen molar-refractivity contribution in [1.82, 2.24) is 10.6 Å². The van der Waals surface area contributed by atoms with Crippen LogP contribution in [0, 0.1) is 13.8 Å². The first-order chi connectivity index (χ1) is 11.5. The number of nitrogens with one attached hydrogen (secondary N) is 3. The molecule has 0 bridgehead atoms. The maximum atomic E-state index is 11.9. The van der Waals surface area contributed by atoms with Gasteiger partial charge < -0.3 is 10.6 Å². The third kappa shape index (κ3) is 6.32. The summed E-state index contributed by atoms with van der Waals surface area (Å²) in [6.45, 7) is 4.19. The number of amides is 3. The molecule has 1 fully saturated rings. The second-order valence-corrected chi connectivity index (χ2v) is 6.72. The molecule has 1 aliphatic rings. The van der Waals surface area contributed by atoms with E-state index in [4.69, 9.17) is 0 Å². The molecule has 0 radical (unpaired) electrons. The molecule has 0 unspecified atom stereocenters. The molecule has 0 aliphatic heterocycles. The summed E-state index contributed by atoms with van der Waals surface area (Å²) in [5, 5.41) is 8.36. The quantitative estimate of drug-likeness (QED) is 0.788. The summed E-state index contributed by atoms with van der Waals surface area (Å²) in [6.07, 6.45) is 8.54. The lowest BCUT2D eigenvalue weighted by molar-refractivity contribution is -0.119. The van der Waals surface area contributed by atoms with Crippen molar-refractivity contribution in [2.45, 2.75) is 64.8 Å². The lowest BCUT2D eigenvalue weighted by Crippen LogP contribution is -2.43. The minimum Gasteiger partial charge on any atom is -0.308 e. The molecule has 5 nitrogen and oxygen atoms in total. The standard InChI is InChI=1S/C19H29N3O2/c1-14-10-11-17(12-15(14)2)21-19(24)22-18(23)13-20-16-8-6-4-3-5-7-9-16/h10-12,16,20H,3-9,13H2,1-2H3,(H2,21,22,23,24). The number of urea groups is 1. The van der Waals surface area contributed by atoms with Gasteiger partial charge >= 0.3 is 6.03 Å². The number of carbonyl (C=O) groups is 2. The molecule has 0 spiro atoms. The van der Waals surface area contributed by atoms with E-state index in [2.05, 4.69) is 16.0 Å². The SMILES string of the molecule is Cc1ccc(NC(=O)NC(=O)CNC2CCCCCCC2)cc1C. The summed E-state index contributed by atoms with van der Waals surface area (Å²) in [5.74, 6) is -0.293. The Labute approximate surface area is 144 Å². The number of carbonyl (C=O) groups excluding carboxylic acids is 2. The predicted molar refractivity (Wildman–Crippen MR) is 97.2 cm³/mol. The van der Waals surface area contributed by atoms with Crippen molar-refractivity contribution in [2.24, 2.45) is 0 Å². The van der Waals surface area contributed by atoms with Gasteiger partial charge in [-0.25, -0.2) is 4.79 Å². The van der Waals surface area contributed by atoms with Gasteiger partial charge in [0.1, 0.15) is 0 Å². The second-order valence-electron chi connectivity index (χ2n) is 6.72. The van der Waals surface area contributed by atoms with E-state index in [0.29, 0.717) is 11.7 Å². The van der Waals surface area contributed by atoms with Gasteiger partial charge in [-0.3, -0.25) is 10.1 Å². The first-order valence-electron chi connectivity index (χ1n) is 8.96. The van der Waals surface area contributed by atoms with Gasteiger partial charge in [0.15, 0.2) is 0 Å². The Hall–Kier alpha value is -1.88. The van der Waals surface area contributed by atoms with Gasteiger partial charge in [0.05, 0.1) is 6.54 Å². The molecule has 3 N–H and O–H groups in total. The lowest BCUT2D eigenvalue weighted by Gasteiger charge is -2.20. The van der Waals surface area contributed by atoms with E-state index in [1.807, 2.05) is 32.0 Å². The molecule has 0 saturated heterocycles. The molecule has 1 saturated carbocycles. The summed E-state index contributed by atoms with van der Waals surface area (Å²) in [4.78, 5) is 23.8. The van der Waals surface area contributed by atoms with Crippen LogP contribution in [0.1, 0.15) is 56.1 Å². The van der Waals surface area contributed by atoms with Crippen LogP contribution in [0.4, 0.5) is 10.5 Å². The topological polar surface area (TPSA) is 70.2 Å². The number of aryl methyl sites for hydroxylation is 2. The first kappa shape index (κ1) is 18.5. The Morgan fingerprint density at radius 3 is 2.33 bits per heavy atom. The fourth-order valence-electron chi connectivity index (χ4n) is 3.05. The van der Waals surface area contributed by atoms with Gasteiger partial charge in [0.2, 0.25) is 5.91 Å². The number of hydrogen-bond donors (Lipinski definition) is 3. The number of anilines is 1. The van der Waals surface area contributed by atoms with Crippen molar-refractivity contribution in [3.8, 4) is 0 Å². The van der Waals surface area contributed by atoms with E-state index in [1.54, 1.807) is 0 Å². The summed E-state index contributed by atoms with van der Waals surface area (Å²) in [5.41, 5.74) is 2.96. The van der Waals surface area contributed by atoms with Crippen LogP contribution in [0.5, 0.6) is 0 Å². The Kier molecular flexibility index (Phi) is 7.25. The predicted octanol–water partition coefficient (Wildman–Crippen LogP) is 3.65. The highest BCUT2D eigenvalue weighted by Crippen LogP contribution is 2.17. The Morgan fingerprint density at radius 2 is 1.67 bits per heavy atom. The number of rotatable bonds is 4. The van der Waals surface area contributed by atoms with Crippen LogP contribution in [0.2, 0.25) is 0 Å². The summed E-state index contributed by atoms with van der Waals surface area (Å²) in [7, 11) is 0. The first-order valence-corrected chi connectivity index (χ1v) is 8.96. The molecule has 0 heterocycles. The van der Waals surface area contributed by atoms with Gasteiger partial charge in [-0.05, 0) is 49.9 Å². The van der Waals surface area contributed by atoms with Crippen LogP contribution in [-0.4, -0.2) is 24.5 Å². The lowest BCUT2D eigenvalue weighted by atomic mass is 9.97. The molecular weight excluding hydrogens is 302 g/mol. The number of imide groups is 1. The second kappa shape index (κ2) is 9.42. The average Bonchev–Trinajstić information content (AvgIpc) is 2.50. The third-order valence-electron chi connectivity index (χ3n) is 4.67. The van der Waals surface area contributed by atoms with Crippen LogP contribution in [0.3, 0.4) is 0 Å². The monoisotopic (exact) mass is 331 g/mol. The van der Waals surface area contributed by atoms with Crippen LogP contribution in [0.15, 0.2) is 18.2 Å². The Morgan fingerprint density at radius 1 is 1.00 bits per heavy atom. The van der Waals surface area contributed by atoms with Gasteiger partial charge in [-0.1, -0.05) is 38.2 Å². The minimum absolute atomic E-state index is 0.186. The normalized spacial score (nSPS) is 16.1. The molecule has 24 heavy (non-hydrogen) atoms. The zero-order valence-electron chi connectivity index (χ0n) is 14.8. The van der Waals surface area contributed by atoms with Crippen molar-refractivity contribution in [2.75, 3.05) is 11.9 Å². The molecule has 3 amide bonds. The minimum atomic E-state index is -0.484. The van der Waals surface area contributed by atoms with Crippen molar-refractivity contribution in [3.63, 3.8) is 0 Å². The number of hydrogen-bond acceptors (Lipinski definition) is 3. The van der Waals surface area contributed by atoms with Crippen LogP contribution >= 0.6 is 0 Å². The molecule has 2 rings (SSSR count). The molecule has 0 atom stereocenters. The van der Waals surface area contributed by atoms with E-state index in [1.165, 1.54) is 37.7 Å². The molecule has 1 aliphatic carbocycles. The molecule has 1 aromatic carbocycles. The maximum Gasteiger partial charge on any atom is 0.325 e. The van der Waals surface area contributed by atoms with E-state index in [9.17, 15) is 9.59 Å². The highest BCUT2D eigenvalue weighted by Gasteiger charge is 2.13. The largest absolute Gasteiger partial charge is 0.325 e. The molecule has 5 heteroatoms. The Balaban J connectivity index is 1.72. The molecule has 1 aromatic rings. The molecule has 0 aromatic heterocycles. The zero-order chi connectivity index (χ0) is 17.4. The van der Waals surface area contributed by atoms with E-state index >= 15 is 0 Å². The smallest absolute Gasteiger partial charge is 0.308 e. The van der Waals surface area contributed by atoms with Crippen molar-refractivity contribution in [3.05, 3.63) is 29.3 Å². The third-order valence-corrected chi connectivity index (χ3v) is 4.67. The van der Waals surface area contributed by atoms with Crippen molar-refractivity contribution in [1.29, 1.82) is 0 Å². The van der Waals surface area contributed by atoms with Crippen molar-refractivity contribution >= 4 is 17.6 Å². The van der Waals surface area contributed by atoms with Gasteiger partial charge in [-0.15, -0.1) is 0 Å². The summed E-state index contributed by atoms with van der Waals surface area (Å²) >= 11 is 0. The van der Waals surface area contributed by atoms with E-state index in [-0.39, 0.29) is 12.5 Å². The van der Waals surface area contributed by atoms with Gasteiger partial charge in [-0.2, -0.15) is 0 Å². The average molecular weight is 331 g/mol.